The average Bonchev–Trinajstić information content (AvgIpc) is 3.02. The standard InChI is InChI=1S/C17H21F3N4O2/c1-9-3-4-24(9)16-21-13(17(18,19)20)6-14(22-16)23-7-11-10(12(11)8-23)5-15(25)26-2/h6,9-12H,3-5,7-8H2,1-2H3/t9?,10?,11-,12+. The van der Waals surface area contributed by atoms with E-state index in [9.17, 15) is 18.0 Å². The maximum Gasteiger partial charge on any atom is 0.433 e. The molecular formula is C17H21F3N4O2. The summed E-state index contributed by atoms with van der Waals surface area (Å²) in [5, 5.41) is 0. The zero-order valence-electron chi connectivity index (χ0n) is 14.7. The molecule has 9 heteroatoms. The predicted molar refractivity (Wildman–Crippen MR) is 87.8 cm³/mol. The molecule has 4 atom stereocenters. The van der Waals surface area contributed by atoms with Crippen molar-refractivity contribution < 1.29 is 22.7 Å². The molecule has 0 amide bonds. The van der Waals surface area contributed by atoms with Crippen LogP contribution in [0.15, 0.2) is 6.07 Å². The summed E-state index contributed by atoms with van der Waals surface area (Å²) in [6.45, 7) is 3.87. The summed E-state index contributed by atoms with van der Waals surface area (Å²) in [5.41, 5.74) is -0.900. The molecule has 0 bridgehead atoms. The molecule has 0 spiro atoms. The van der Waals surface area contributed by atoms with Gasteiger partial charge in [-0.2, -0.15) is 18.2 Å². The summed E-state index contributed by atoms with van der Waals surface area (Å²) < 4.78 is 44.5. The van der Waals surface area contributed by atoms with Crippen molar-refractivity contribution in [3.8, 4) is 0 Å². The third kappa shape index (κ3) is 2.97. The van der Waals surface area contributed by atoms with Gasteiger partial charge in [-0.05, 0) is 31.1 Å². The highest BCUT2D eigenvalue weighted by atomic mass is 19.4. The molecule has 6 nitrogen and oxygen atoms in total. The molecule has 0 radical (unpaired) electrons. The summed E-state index contributed by atoms with van der Waals surface area (Å²) in [4.78, 5) is 23.2. The fraction of sp³-hybridized carbons (Fsp3) is 0.706. The van der Waals surface area contributed by atoms with Gasteiger partial charge in [0.05, 0.1) is 7.11 Å². The number of halogens is 3. The second-order valence-electron chi connectivity index (χ2n) is 7.42. The summed E-state index contributed by atoms with van der Waals surface area (Å²) in [5.74, 6) is 1.17. The van der Waals surface area contributed by atoms with Crippen molar-refractivity contribution in [2.24, 2.45) is 17.8 Å². The number of ether oxygens (including phenoxy) is 1. The lowest BCUT2D eigenvalue weighted by atomic mass is 10.1. The summed E-state index contributed by atoms with van der Waals surface area (Å²) in [6, 6.07) is 1.19. The first kappa shape index (κ1) is 17.4. The van der Waals surface area contributed by atoms with E-state index in [-0.39, 0.29) is 23.9 Å². The zero-order chi connectivity index (χ0) is 18.6. The van der Waals surface area contributed by atoms with Crippen LogP contribution in [0, 0.1) is 17.8 Å². The van der Waals surface area contributed by atoms with Crippen LogP contribution < -0.4 is 9.80 Å². The van der Waals surface area contributed by atoms with Crippen LogP contribution >= 0.6 is 0 Å². The van der Waals surface area contributed by atoms with Crippen molar-refractivity contribution in [1.82, 2.24) is 9.97 Å². The molecule has 0 aromatic carbocycles. The lowest BCUT2D eigenvalue weighted by molar-refractivity contribution is -0.142. The lowest BCUT2D eigenvalue weighted by Gasteiger charge is -2.39. The number of carbonyl (C=O) groups excluding carboxylic acids is 1. The summed E-state index contributed by atoms with van der Waals surface area (Å²) in [7, 11) is 1.37. The Morgan fingerprint density at radius 2 is 2.00 bits per heavy atom. The highest BCUT2D eigenvalue weighted by molar-refractivity contribution is 5.70. The SMILES string of the molecule is COC(=O)CC1[C@H]2CN(c3cc(C(F)(F)F)nc(N4CCC4C)n3)C[C@@H]12. The normalized spacial score (nSPS) is 30.0. The van der Waals surface area contributed by atoms with Gasteiger partial charge in [-0.15, -0.1) is 0 Å². The van der Waals surface area contributed by atoms with E-state index in [1.165, 1.54) is 7.11 Å². The highest BCUT2D eigenvalue weighted by Crippen LogP contribution is 2.54. The number of piperidine rings is 1. The van der Waals surface area contributed by atoms with Gasteiger partial charge >= 0.3 is 12.1 Å². The van der Waals surface area contributed by atoms with Crippen molar-refractivity contribution in [3.05, 3.63) is 11.8 Å². The van der Waals surface area contributed by atoms with E-state index in [0.29, 0.717) is 43.7 Å². The van der Waals surface area contributed by atoms with Crippen LogP contribution in [-0.4, -0.2) is 48.7 Å². The maximum absolute atomic E-state index is 13.3. The van der Waals surface area contributed by atoms with Gasteiger partial charge in [0.25, 0.3) is 0 Å². The fourth-order valence-corrected chi connectivity index (χ4v) is 4.09. The van der Waals surface area contributed by atoms with Gasteiger partial charge in [0.15, 0.2) is 5.69 Å². The topological polar surface area (TPSA) is 58.6 Å². The van der Waals surface area contributed by atoms with Crippen molar-refractivity contribution in [2.45, 2.75) is 32.0 Å². The number of esters is 1. The van der Waals surface area contributed by atoms with Gasteiger partial charge in [-0.25, -0.2) is 4.98 Å². The van der Waals surface area contributed by atoms with Crippen molar-refractivity contribution in [1.29, 1.82) is 0 Å². The first-order valence-electron chi connectivity index (χ1n) is 8.82. The van der Waals surface area contributed by atoms with E-state index in [2.05, 4.69) is 9.97 Å². The minimum atomic E-state index is -4.50. The maximum atomic E-state index is 13.3. The predicted octanol–water partition coefficient (Wildman–Crippen LogP) is 2.34. The molecule has 142 valence electrons. The molecule has 2 aliphatic heterocycles. The Bertz CT molecular complexity index is 714. The molecule has 4 rings (SSSR count). The minimum absolute atomic E-state index is 0.153. The summed E-state index contributed by atoms with van der Waals surface area (Å²) >= 11 is 0. The van der Waals surface area contributed by atoms with Crippen LogP contribution in [0.3, 0.4) is 0 Å². The average molecular weight is 370 g/mol. The van der Waals surface area contributed by atoms with Gasteiger partial charge < -0.3 is 14.5 Å². The van der Waals surface area contributed by atoms with Crippen LogP contribution in [0.2, 0.25) is 0 Å². The van der Waals surface area contributed by atoms with E-state index in [4.69, 9.17) is 4.74 Å². The Kier molecular flexibility index (Phi) is 4.00. The number of alkyl halides is 3. The molecule has 1 aromatic heterocycles. The molecular weight excluding hydrogens is 349 g/mol. The Morgan fingerprint density at radius 3 is 2.50 bits per heavy atom. The Balaban J connectivity index is 1.52. The Labute approximate surface area is 149 Å². The monoisotopic (exact) mass is 370 g/mol. The smallest absolute Gasteiger partial charge is 0.433 e. The van der Waals surface area contributed by atoms with Crippen LogP contribution in [0.5, 0.6) is 0 Å². The molecule has 2 unspecified atom stereocenters. The second kappa shape index (κ2) is 5.99. The van der Waals surface area contributed by atoms with E-state index < -0.39 is 11.9 Å². The molecule has 1 aliphatic carbocycles. The van der Waals surface area contributed by atoms with E-state index in [1.807, 2.05) is 11.8 Å². The third-order valence-electron chi connectivity index (χ3n) is 5.89. The molecule has 0 N–H and O–H groups in total. The second-order valence-corrected chi connectivity index (χ2v) is 7.42. The number of nitrogens with zero attached hydrogens (tertiary/aromatic N) is 4. The Hall–Kier alpha value is -2.06. The van der Waals surface area contributed by atoms with Gasteiger partial charge in [-0.1, -0.05) is 0 Å². The highest BCUT2D eigenvalue weighted by Gasteiger charge is 2.56. The lowest BCUT2D eigenvalue weighted by Crippen LogP contribution is -2.47. The van der Waals surface area contributed by atoms with E-state index in [0.717, 1.165) is 12.5 Å². The van der Waals surface area contributed by atoms with Crippen LogP contribution in [0.4, 0.5) is 24.9 Å². The number of fused-ring (bicyclic) bond motifs is 1. The number of methoxy groups -OCH3 is 1. The quantitative estimate of drug-likeness (QED) is 0.759. The molecule has 1 aromatic rings. The molecule has 3 heterocycles. The fourth-order valence-electron chi connectivity index (χ4n) is 4.09. The molecule has 2 saturated heterocycles. The summed E-state index contributed by atoms with van der Waals surface area (Å²) in [6.07, 6.45) is -3.19. The van der Waals surface area contributed by atoms with Crippen molar-refractivity contribution in [3.63, 3.8) is 0 Å². The third-order valence-corrected chi connectivity index (χ3v) is 5.89. The van der Waals surface area contributed by atoms with Crippen molar-refractivity contribution in [2.75, 3.05) is 36.5 Å². The van der Waals surface area contributed by atoms with Crippen LogP contribution in [-0.2, 0) is 15.7 Å². The number of aromatic nitrogens is 2. The van der Waals surface area contributed by atoms with Gasteiger partial charge in [-0.3, -0.25) is 4.79 Å². The van der Waals surface area contributed by atoms with Gasteiger partial charge in [0.2, 0.25) is 5.95 Å². The molecule has 3 aliphatic rings. The minimum Gasteiger partial charge on any atom is -0.469 e. The van der Waals surface area contributed by atoms with E-state index >= 15 is 0 Å². The number of carbonyl (C=O) groups is 1. The molecule has 26 heavy (non-hydrogen) atoms. The zero-order valence-corrected chi connectivity index (χ0v) is 14.7. The van der Waals surface area contributed by atoms with Gasteiger partial charge in [0.1, 0.15) is 5.82 Å². The largest absolute Gasteiger partial charge is 0.469 e. The van der Waals surface area contributed by atoms with E-state index in [1.54, 1.807) is 4.90 Å². The van der Waals surface area contributed by atoms with Crippen LogP contribution in [0.1, 0.15) is 25.5 Å². The Morgan fingerprint density at radius 1 is 1.31 bits per heavy atom. The van der Waals surface area contributed by atoms with Gasteiger partial charge in [0, 0.05) is 38.2 Å². The molecule has 1 saturated carbocycles. The number of hydrogen-bond donors (Lipinski definition) is 0. The first-order valence-corrected chi connectivity index (χ1v) is 8.82. The number of rotatable bonds is 4. The number of hydrogen-bond acceptors (Lipinski definition) is 6. The van der Waals surface area contributed by atoms with Crippen LogP contribution in [0.25, 0.3) is 0 Å². The van der Waals surface area contributed by atoms with Crippen molar-refractivity contribution >= 4 is 17.7 Å². The first-order chi connectivity index (χ1) is 12.3. The molecule has 3 fully saturated rings. The number of anilines is 2.